The van der Waals surface area contributed by atoms with E-state index in [1.54, 1.807) is 0 Å². The van der Waals surface area contributed by atoms with Crippen molar-refractivity contribution in [3.8, 4) is 17.2 Å². The van der Waals surface area contributed by atoms with Gasteiger partial charge in [-0.25, -0.2) is 4.98 Å². The molecule has 5 nitrogen and oxygen atoms in total. The highest BCUT2D eigenvalue weighted by molar-refractivity contribution is 7.14. The molecule has 1 amide bonds. The molecule has 0 saturated carbocycles. The minimum Gasteiger partial charge on any atom is -0.484 e. The summed E-state index contributed by atoms with van der Waals surface area (Å²) in [5.41, 5.74) is 1.79. The van der Waals surface area contributed by atoms with Crippen LogP contribution in [0.1, 0.15) is 11.3 Å². The van der Waals surface area contributed by atoms with Gasteiger partial charge in [0.2, 0.25) is 0 Å². The molecule has 0 aliphatic rings. The smallest absolute Gasteiger partial charge is 0.264 e. The largest absolute Gasteiger partial charge is 0.484 e. The molecule has 0 radical (unpaired) electrons. The first-order valence-electron chi connectivity index (χ1n) is 7.12. The number of amides is 1. The second-order valence-corrected chi connectivity index (χ2v) is 5.96. The molecule has 118 valence electrons. The van der Waals surface area contributed by atoms with Crippen LogP contribution in [0.5, 0.6) is 5.75 Å². The van der Waals surface area contributed by atoms with Gasteiger partial charge in [-0.3, -0.25) is 10.1 Å². The zero-order chi connectivity index (χ0) is 16.2. The molecule has 3 aromatic rings. The average Bonchev–Trinajstić information content (AvgIpc) is 3.14. The number of furan rings is 1. The summed E-state index contributed by atoms with van der Waals surface area (Å²) in [6.45, 7) is 3.79. The van der Waals surface area contributed by atoms with Gasteiger partial charge in [0, 0.05) is 5.38 Å². The van der Waals surface area contributed by atoms with E-state index in [4.69, 9.17) is 9.15 Å². The normalized spacial score (nSPS) is 10.5. The van der Waals surface area contributed by atoms with Gasteiger partial charge < -0.3 is 9.15 Å². The zero-order valence-electron chi connectivity index (χ0n) is 12.8. The fourth-order valence-corrected chi connectivity index (χ4v) is 2.74. The highest BCUT2D eigenvalue weighted by Crippen LogP contribution is 2.26. The van der Waals surface area contributed by atoms with Gasteiger partial charge in [0.1, 0.15) is 17.2 Å². The first-order valence-corrected chi connectivity index (χ1v) is 8.00. The minimum absolute atomic E-state index is 0.0573. The average molecular weight is 328 g/mol. The Bertz CT molecular complexity index is 823. The van der Waals surface area contributed by atoms with Crippen molar-refractivity contribution in [3.63, 3.8) is 0 Å². The van der Waals surface area contributed by atoms with Crippen molar-refractivity contribution in [2.24, 2.45) is 0 Å². The number of hydrogen-bond donors (Lipinski definition) is 1. The number of carbonyl (C=O) groups excluding carboxylic acids is 1. The molecular formula is C17H16N2O3S. The third kappa shape index (κ3) is 3.98. The van der Waals surface area contributed by atoms with Gasteiger partial charge in [0.05, 0.1) is 0 Å². The van der Waals surface area contributed by atoms with E-state index in [0.29, 0.717) is 22.3 Å². The highest BCUT2D eigenvalue weighted by atomic mass is 32.1. The van der Waals surface area contributed by atoms with Crippen molar-refractivity contribution in [1.29, 1.82) is 0 Å². The number of aromatic nitrogens is 1. The van der Waals surface area contributed by atoms with E-state index in [2.05, 4.69) is 10.3 Å². The van der Waals surface area contributed by atoms with Gasteiger partial charge in [-0.05, 0) is 43.7 Å². The Balaban J connectivity index is 1.57. The van der Waals surface area contributed by atoms with Crippen molar-refractivity contribution >= 4 is 22.4 Å². The van der Waals surface area contributed by atoms with Crippen LogP contribution < -0.4 is 10.1 Å². The molecule has 0 bridgehead atoms. The van der Waals surface area contributed by atoms with Gasteiger partial charge in [-0.15, -0.1) is 11.3 Å². The van der Waals surface area contributed by atoms with E-state index in [1.807, 2.05) is 55.6 Å². The monoisotopic (exact) mass is 328 g/mol. The SMILES string of the molecule is Cc1cccc(OCC(=O)Nc2nc(-c3ccc(C)o3)cs2)c1. The first-order chi connectivity index (χ1) is 11.1. The number of nitrogens with one attached hydrogen (secondary N) is 1. The van der Waals surface area contributed by atoms with Crippen LogP contribution in [0, 0.1) is 13.8 Å². The van der Waals surface area contributed by atoms with E-state index >= 15 is 0 Å². The van der Waals surface area contributed by atoms with Crippen molar-refractivity contribution < 1.29 is 13.9 Å². The lowest BCUT2D eigenvalue weighted by molar-refractivity contribution is -0.118. The first kappa shape index (κ1) is 15.3. The van der Waals surface area contributed by atoms with Crippen LogP contribution in [0.2, 0.25) is 0 Å². The Kier molecular flexibility index (Phi) is 4.43. The molecule has 0 atom stereocenters. The van der Waals surface area contributed by atoms with Crippen molar-refractivity contribution in [2.45, 2.75) is 13.8 Å². The number of benzene rings is 1. The summed E-state index contributed by atoms with van der Waals surface area (Å²) in [6, 6.07) is 11.3. The molecular weight excluding hydrogens is 312 g/mol. The lowest BCUT2D eigenvalue weighted by Gasteiger charge is -2.06. The fourth-order valence-electron chi connectivity index (χ4n) is 2.03. The fraction of sp³-hybridized carbons (Fsp3) is 0.176. The van der Waals surface area contributed by atoms with Gasteiger partial charge in [-0.2, -0.15) is 0 Å². The van der Waals surface area contributed by atoms with Crippen LogP contribution >= 0.6 is 11.3 Å². The molecule has 2 aromatic heterocycles. The molecule has 6 heteroatoms. The Morgan fingerprint density at radius 2 is 2.17 bits per heavy atom. The van der Waals surface area contributed by atoms with Crippen molar-refractivity contribution in [3.05, 3.63) is 53.1 Å². The highest BCUT2D eigenvalue weighted by Gasteiger charge is 2.11. The maximum absolute atomic E-state index is 11.9. The number of carbonyl (C=O) groups is 1. The molecule has 2 heterocycles. The second kappa shape index (κ2) is 6.66. The molecule has 0 saturated heterocycles. The number of aryl methyl sites for hydroxylation is 2. The van der Waals surface area contributed by atoms with Gasteiger partial charge in [0.25, 0.3) is 5.91 Å². The third-order valence-corrected chi connectivity index (χ3v) is 3.86. The minimum atomic E-state index is -0.247. The maximum atomic E-state index is 11.9. The summed E-state index contributed by atoms with van der Waals surface area (Å²) >= 11 is 1.35. The molecule has 1 N–H and O–H groups in total. The summed E-state index contributed by atoms with van der Waals surface area (Å²) in [4.78, 5) is 16.3. The van der Waals surface area contributed by atoms with Crippen LogP contribution in [0.15, 0.2) is 46.2 Å². The van der Waals surface area contributed by atoms with Crippen LogP contribution in [0.4, 0.5) is 5.13 Å². The topological polar surface area (TPSA) is 64.4 Å². The predicted molar refractivity (Wildman–Crippen MR) is 89.9 cm³/mol. The van der Waals surface area contributed by atoms with E-state index in [-0.39, 0.29) is 12.5 Å². The lowest BCUT2D eigenvalue weighted by Crippen LogP contribution is -2.20. The van der Waals surface area contributed by atoms with Gasteiger partial charge >= 0.3 is 0 Å². The van der Waals surface area contributed by atoms with E-state index < -0.39 is 0 Å². The Morgan fingerprint density at radius 3 is 2.91 bits per heavy atom. The summed E-state index contributed by atoms with van der Waals surface area (Å²) < 4.78 is 11.0. The quantitative estimate of drug-likeness (QED) is 0.768. The number of rotatable bonds is 5. The van der Waals surface area contributed by atoms with Crippen LogP contribution in [0.3, 0.4) is 0 Å². The van der Waals surface area contributed by atoms with Gasteiger partial charge in [-0.1, -0.05) is 12.1 Å². The summed E-state index contributed by atoms with van der Waals surface area (Å²) in [7, 11) is 0. The van der Waals surface area contributed by atoms with E-state index in [1.165, 1.54) is 11.3 Å². The van der Waals surface area contributed by atoms with Crippen LogP contribution in [-0.2, 0) is 4.79 Å². The number of nitrogens with zero attached hydrogens (tertiary/aromatic N) is 1. The molecule has 0 aliphatic heterocycles. The van der Waals surface area contributed by atoms with Crippen molar-refractivity contribution in [2.75, 3.05) is 11.9 Å². The molecule has 0 fully saturated rings. The number of hydrogen-bond acceptors (Lipinski definition) is 5. The summed E-state index contributed by atoms with van der Waals surface area (Å²) in [5.74, 6) is 1.94. The third-order valence-electron chi connectivity index (χ3n) is 3.10. The molecule has 0 spiro atoms. The number of ether oxygens (including phenoxy) is 1. The molecule has 23 heavy (non-hydrogen) atoms. The molecule has 0 aliphatic carbocycles. The van der Waals surface area contributed by atoms with Crippen LogP contribution in [-0.4, -0.2) is 17.5 Å². The summed E-state index contributed by atoms with van der Waals surface area (Å²) in [6.07, 6.45) is 0. The van der Waals surface area contributed by atoms with Crippen LogP contribution in [0.25, 0.3) is 11.5 Å². The maximum Gasteiger partial charge on any atom is 0.264 e. The molecule has 0 unspecified atom stereocenters. The molecule has 3 rings (SSSR count). The van der Waals surface area contributed by atoms with Gasteiger partial charge in [0.15, 0.2) is 17.5 Å². The molecule has 1 aromatic carbocycles. The number of thiazole rings is 1. The lowest BCUT2D eigenvalue weighted by atomic mass is 10.2. The number of anilines is 1. The zero-order valence-corrected chi connectivity index (χ0v) is 13.6. The Hall–Kier alpha value is -2.60. The predicted octanol–water partition coefficient (Wildman–Crippen LogP) is 4.04. The summed E-state index contributed by atoms with van der Waals surface area (Å²) in [5, 5.41) is 5.09. The Labute approximate surface area is 137 Å². The second-order valence-electron chi connectivity index (χ2n) is 5.10. The van der Waals surface area contributed by atoms with E-state index in [9.17, 15) is 4.79 Å². The van der Waals surface area contributed by atoms with Crippen molar-refractivity contribution in [1.82, 2.24) is 4.98 Å². The Morgan fingerprint density at radius 1 is 1.30 bits per heavy atom. The van der Waals surface area contributed by atoms with E-state index in [0.717, 1.165) is 11.3 Å². The standard InChI is InChI=1S/C17H16N2O3S/c1-11-4-3-5-13(8-11)21-9-16(20)19-17-18-14(10-23-17)15-7-6-12(2)22-15/h3-8,10H,9H2,1-2H3,(H,18,19,20).